The highest BCUT2D eigenvalue weighted by atomic mass is 35.5. The number of aliphatic hydroxyl groups excluding tert-OH is 2. The second kappa shape index (κ2) is 4.46. The molecule has 0 bridgehead atoms. The van der Waals surface area contributed by atoms with Crippen LogP contribution in [0.25, 0.3) is 0 Å². The minimum atomic E-state index is -0.857. The zero-order valence-electron chi connectivity index (χ0n) is 6.94. The highest BCUT2D eigenvalue weighted by molar-refractivity contribution is 6.32. The molecule has 3 N–H and O–H groups in total. The molecule has 4 heteroatoms. The molecule has 1 rings (SSSR count). The van der Waals surface area contributed by atoms with Crippen molar-refractivity contribution in [1.82, 2.24) is 0 Å². The molecule has 1 unspecified atom stereocenters. The first-order valence-corrected chi connectivity index (χ1v) is 4.28. The van der Waals surface area contributed by atoms with Gasteiger partial charge in [-0.2, -0.15) is 0 Å². The molecule has 0 radical (unpaired) electrons. The molecule has 0 fully saturated rings. The van der Waals surface area contributed by atoms with Gasteiger partial charge in [0.1, 0.15) is 5.75 Å². The quantitative estimate of drug-likeness (QED) is 0.684. The van der Waals surface area contributed by atoms with Crippen molar-refractivity contribution in [3.8, 4) is 5.75 Å². The zero-order valence-corrected chi connectivity index (χ0v) is 7.70. The van der Waals surface area contributed by atoms with E-state index in [0.29, 0.717) is 5.56 Å². The van der Waals surface area contributed by atoms with Crippen LogP contribution >= 0.6 is 11.6 Å². The largest absolute Gasteiger partial charge is 0.506 e. The van der Waals surface area contributed by atoms with Gasteiger partial charge in [-0.15, -0.1) is 0 Å². The van der Waals surface area contributed by atoms with Crippen molar-refractivity contribution >= 4 is 11.6 Å². The summed E-state index contributed by atoms with van der Waals surface area (Å²) < 4.78 is 0. The van der Waals surface area contributed by atoms with E-state index in [0.717, 1.165) is 0 Å². The molecule has 1 aromatic carbocycles. The number of hydrogen-bond acceptors (Lipinski definition) is 3. The van der Waals surface area contributed by atoms with E-state index >= 15 is 0 Å². The first-order valence-electron chi connectivity index (χ1n) is 3.90. The van der Waals surface area contributed by atoms with Crippen molar-refractivity contribution in [2.24, 2.45) is 0 Å². The van der Waals surface area contributed by atoms with Gasteiger partial charge in [0.05, 0.1) is 17.7 Å². The van der Waals surface area contributed by atoms with Crippen LogP contribution in [-0.4, -0.2) is 28.0 Å². The number of aliphatic hydroxyl groups is 2. The Morgan fingerprint density at radius 1 is 1.38 bits per heavy atom. The van der Waals surface area contributed by atoms with Gasteiger partial charge in [0.25, 0.3) is 0 Å². The highest BCUT2D eigenvalue weighted by Gasteiger charge is 2.09. The van der Waals surface area contributed by atoms with Gasteiger partial charge in [-0.3, -0.25) is 0 Å². The van der Waals surface area contributed by atoms with Crippen LogP contribution in [-0.2, 0) is 6.42 Å². The normalized spacial score (nSPS) is 12.8. The Morgan fingerprint density at radius 3 is 2.69 bits per heavy atom. The van der Waals surface area contributed by atoms with Gasteiger partial charge < -0.3 is 15.3 Å². The third kappa shape index (κ3) is 2.59. The maximum absolute atomic E-state index is 9.42. The average Bonchev–Trinajstić information content (AvgIpc) is 2.13. The Hall–Kier alpha value is -0.770. The second-order valence-corrected chi connectivity index (χ2v) is 3.20. The lowest BCUT2D eigenvalue weighted by atomic mass is 10.1. The predicted molar refractivity (Wildman–Crippen MR) is 49.9 cm³/mol. The smallest absolute Gasteiger partial charge is 0.137 e. The molecule has 0 aliphatic carbocycles. The topological polar surface area (TPSA) is 60.7 Å². The SMILES string of the molecule is OCC(O)Cc1cccc(Cl)c1O. The molecule has 0 spiro atoms. The third-order valence-corrected chi connectivity index (χ3v) is 2.04. The number of benzene rings is 1. The summed E-state index contributed by atoms with van der Waals surface area (Å²) in [5, 5.41) is 27.4. The average molecular weight is 203 g/mol. The van der Waals surface area contributed by atoms with E-state index in [1.54, 1.807) is 18.2 Å². The van der Waals surface area contributed by atoms with Crippen LogP contribution in [0.4, 0.5) is 0 Å². The number of rotatable bonds is 3. The Morgan fingerprint density at radius 2 is 2.08 bits per heavy atom. The minimum absolute atomic E-state index is 0.0309. The summed E-state index contributed by atoms with van der Waals surface area (Å²) in [5.74, 6) is -0.0309. The molecule has 1 atom stereocenters. The van der Waals surface area contributed by atoms with Crippen LogP contribution in [0.1, 0.15) is 5.56 Å². The molecule has 0 heterocycles. The Kier molecular flexibility index (Phi) is 3.54. The van der Waals surface area contributed by atoms with Crippen LogP contribution < -0.4 is 0 Å². The monoisotopic (exact) mass is 202 g/mol. The molecule has 3 nitrogen and oxygen atoms in total. The predicted octanol–water partition coefficient (Wildman–Crippen LogP) is 0.941. The standard InChI is InChI=1S/C9H11ClO3/c10-8-3-1-2-6(9(8)13)4-7(12)5-11/h1-3,7,11-13H,4-5H2. The number of aromatic hydroxyl groups is 1. The van der Waals surface area contributed by atoms with E-state index in [2.05, 4.69) is 0 Å². The number of para-hydroxylation sites is 1. The molecule has 0 saturated carbocycles. The maximum Gasteiger partial charge on any atom is 0.137 e. The Balaban J connectivity index is 2.83. The lowest BCUT2D eigenvalue weighted by Crippen LogP contribution is -2.15. The van der Waals surface area contributed by atoms with Crippen molar-refractivity contribution in [1.29, 1.82) is 0 Å². The van der Waals surface area contributed by atoms with E-state index in [-0.39, 0.29) is 23.8 Å². The Labute approximate surface area is 81.2 Å². The van der Waals surface area contributed by atoms with E-state index in [1.807, 2.05) is 0 Å². The van der Waals surface area contributed by atoms with Gasteiger partial charge >= 0.3 is 0 Å². The second-order valence-electron chi connectivity index (χ2n) is 2.79. The molecule has 0 aliphatic heterocycles. The first kappa shape index (κ1) is 10.3. The summed E-state index contributed by atoms with van der Waals surface area (Å²) in [4.78, 5) is 0. The first-order chi connectivity index (χ1) is 6.15. The summed E-state index contributed by atoms with van der Waals surface area (Å²) >= 11 is 5.65. The minimum Gasteiger partial charge on any atom is -0.506 e. The summed E-state index contributed by atoms with van der Waals surface area (Å²) in [5.41, 5.74) is 0.536. The van der Waals surface area contributed by atoms with Crippen LogP contribution in [0, 0.1) is 0 Å². The molecule has 72 valence electrons. The molecule has 13 heavy (non-hydrogen) atoms. The van der Waals surface area contributed by atoms with E-state index in [4.69, 9.17) is 21.8 Å². The molecule has 0 aliphatic rings. The fourth-order valence-corrected chi connectivity index (χ4v) is 1.24. The highest BCUT2D eigenvalue weighted by Crippen LogP contribution is 2.27. The van der Waals surface area contributed by atoms with E-state index < -0.39 is 6.10 Å². The molecule has 0 saturated heterocycles. The van der Waals surface area contributed by atoms with Gasteiger partial charge in [-0.25, -0.2) is 0 Å². The van der Waals surface area contributed by atoms with Crippen molar-refractivity contribution in [3.63, 3.8) is 0 Å². The fraction of sp³-hybridized carbons (Fsp3) is 0.333. The van der Waals surface area contributed by atoms with Gasteiger partial charge in [0.2, 0.25) is 0 Å². The summed E-state index contributed by atoms with van der Waals surface area (Å²) in [6.07, 6.45) is -0.660. The van der Waals surface area contributed by atoms with Crippen LogP contribution in [0.2, 0.25) is 5.02 Å². The molecular weight excluding hydrogens is 192 g/mol. The molecule has 0 amide bonds. The van der Waals surface area contributed by atoms with Gasteiger partial charge in [-0.05, 0) is 11.6 Å². The van der Waals surface area contributed by atoms with Crippen molar-refractivity contribution in [3.05, 3.63) is 28.8 Å². The van der Waals surface area contributed by atoms with Crippen LogP contribution in [0.3, 0.4) is 0 Å². The van der Waals surface area contributed by atoms with Crippen molar-refractivity contribution < 1.29 is 15.3 Å². The molecular formula is C9H11ClO3. The lowest BCUT2D eigenvalue weighted by Gasteiger charge is -2.09. The van der Waals surface area contributed by atoms with Crippen LogP contribution in [0.15, 0.2) is 18.2 Å². The lowest BCUT2D eigenvalue weighted by molar-refractivity contribution is 0.0950. The third-order valence-electron chi connectivity index (χ3n) is 1.74. The van der Waals surface area contributed by atoms with E-state index in [1.165, 1.54) is 0 Å². The number of phenolic OH excluding ortho intramolecular Hbond substituents is 1. The summed E-state index contributed by atoms with van der Waals surface area (Å²) in [6.45, 7) is -0.327. The van der Waals surface area contributed by atoms with Crippen molar-refractivity contribution in [2.75, 3.05) is 6.61 Å². The van der Waals surface area contributed by atoms with Crippen LogP contribution in [0.5, 0.6) is 5.75 Å². The maximum atomic E-state index is 9.42. The number of halogens is 1. The number of hydrogen-bond donors (Lipinski definition) is 3. The Bertz CT molecular complexity index is 288. The van der Waals surface area contributed by atoms with E-state index in [9.17, 15) is 5.11 Å². The van der Waals surface area contributed by atoms with Gasteiger partial charge in [0, 0.05) is 6.42 Å². The van der Waals surface area contributed by atoms with Crippen molar-refractivity contribution in [2.45, 2.75) is 12.5 Å². The van der Waals surface area contributed by atoms with Gasteiger partial charge in [0.15, 0.2) is 0 Å². The number of phenols is 1. The summed E-state index contributed by atoms with van der Waals surface area (Å²) in [7, 11) is 0. The summed E-state index contributed by atoms with van der Waals surface area (Å²) in [6, 6.07) is 4.90. The molecule has 0 aromatic heterocycles. The fourth-order valence-electron chi connectivity index (χ4n) is 1.04. The van der Waals surface area contributed by atoms with Gasteiger partial charge in [-0.1, -0.05) is 23.7 Å². The zero-order chi connectivity index (χ0) is 9.84. The molecule has 1 aromatic rings.